The minimum atomic E-state index is -0.222. The van der Waals surface area contributed by atoms with Crippen molar-refractivity contribution in [2.75, 3.05) is 85.3 Å². The predicted octanol–water partition coefficient (Wildman–Crippen LogP) is 3.24. The smallest absolute Gasteiger partial charge is 0.409 e. The molecule has 6 rings (SSSR count). The van der Waals surface area contributed by atoms with E-state index in [4.69, 9.17) is 14.2 Å². The third-order valence-electron chi connectivity index (χ3n) is 8.26. The van der Waals surface area contributed by atoms with Crippen LogP contribution in [0, 0.1) is 0 Å². The van der Waals surface area contributed by atoms with Gasteiger partial charge in [0, 0.05) is 103 Å². The van der Waals surface area contributed by atoms with Gasteiger partial charge >= 0.3 is 6.09 Å². The van der Waals surface area contributed by atoms with Gasteiger partial charge in [-0.15, -0.1) is 0 Å². The molecule has 0 saturated carbocycles. The molecule has 0 atom stereocenters. The summed E-state index contributed by atoms with van der Waals surface area (Å²) in [5.41, 5.74) is 3.99. The van der Waals surface area contributed by atoms with Crippen LogP contribution in [-0.2, 0) is 9.53 Å². The zero-order valence-corrected chi connectivity index (χ0v) is 27.7. The molecule has 2 aliphatic heterocycles. The molecule has 3 aromatic heterocycles. The van der Waals surface area contributed by atoms with Crippen LogP contribution in [0.3, 0.4) is 0 Å². The van der Waals surface area contributed by atoms with E-state index in [1.165, 1.54) is 0 Å². The Bertz CT molecular complexity index is 1500. The van der Waals surface area contributed by atoms with Crippen molar-refractivity contribution < 1.29 is 23.8 Å². The number of rotatable bonds is 11. The Morgan fingerprint density at radius 1 is 0.708 bits per heavy atom. The number of nitrogens with one attached hydrogen (secondary N) is 2. The maximum absolute atomic E-state index is 11.7. The third kappa shape index (κ3) is 10.3. The second kappa shape index (κ2) is 17.8. The molecule has 2 aliphatic rings. The van der Waals surface area contributed by atoms with Crippen molar-refractivity contribution in [3.63, 3.8) is 0 Å². The normalized spacial score (nSPS) is 15.4. The van der Waals surface area contributed by atoms with Gasteiger partial charge in [-0.1, -0.05) is 0 Å². The molecule has 14 heteroatoms. The van der Waals surface area contributed by atoms with Crippen LogP contribution in [0.5, 0.6) is 11.6 Å². The largest absolute Gasteiger partial charge is 0.492 e. The van der Waals surface area contributed by atoms with Crippen molar-refractivity contribution in [1.29, 1.82) is 0 Å². The van der Waals surface area contributed by atoms with Gasteiger partial charge in [-0.2, -0.15) is 10.2 Å². The third-order valence-corrected chi connectivity index (χ3v) is 8.26. The first-order valence-corrected chi connectivity index (χ1v) is 16.4. The summed E-state index contributed by atoms with van der Waals surface area (Å²) >= 11 is 0. The number of carbonyl (C=O) groups excluding carboxylic acids is 2. The van der Waals surface area contributed by atoms with Crippen LogP contribution in [-0.4, -0.2) is 142 Å². The van der Waals surface area contributed by atoms with Crippen LogP contribution in [0.25, 0.3) is 22.5 Å². The lowest BCUT2D eigenvalue weighted by atomic mass is 10.1. The number of hydrogen-bond donors (Lipinski definition) is 2. The van der Waals surface area contributed by atoms with Gasteiger partial charge in [-0.3, -0.25) is 24.8 Å². The minimum Gasteiger partial charge on any atom is -0.492 e. The molecule has 256 valence electrons. The lowest BCUT2D eigenvalue weighted by Gasteiger charge is -2.34. The van der Waals surface area contributed by atoms with E-state index in [2.05, 4.69) is 35.2 Å². The number of hydrogen-bond acceptors (Lipinski definition) is 10. The Hall–Kier alpha value is -4.95. The fourth-order valence-electron chi connectivity index (χ4n) is 5.42. The lowest BCUT2D eigenvalue weighted by molar-refractivity contribution is -0.130. The van der Waals surface area contributed by atoms with Gasteiger partial charge in [0.1, 0.15) is 19.0 Å². The highest BCUT2D eigenvalue weighted by molar-refractivity contribution is 5.73. The summed E-state index contributed by atoms with van der Waals surface area (Å²) in [6.07, 6.45) is 4.99. The molecule has 0 unspecified atom stereocenters. The molecule has 2 N–H and O–H groups in total. The summed E-state index contributed by atoms with van der Waals surface area (Å²) in [5.74, 6) is 1.64. The summed E-state index contributed by atoms with van der Waals surface area (Å²) < 4.78 is 16.5. The molecule has 4 aromatic rings. The summed E-state index contributed by atoms with van der Waals surface area (Å²) in [6, 6.07) is 15.6. The first-order chi connectivity index (χ1) is 23.5. The molecule has 1 aromatic carbocycles. The number of ether oxygens (including phenoxy) is 3. The lowest BCUT2D eigenvalue weighted by Crippen LogP contribution is -2.49. The molecule has 5 heterocycles. The van der Waals surface area contributed by atoms with Gasteiger partial charge in [0.05, 0.1) is 18.0 Å². The van der Waals surface area contributed by atoms with Crippen molar-refractivity contribution >= 4 is 12.0 Å². The van der Waals surface area contributed by atoms with Gasteiger partial charge in [0.25, 0.3) is 0 Å². The molecule has 0 aliphatic carbocycles. The number of amides is 2. The Morgan fingerprint density at radius 2 is 1.27 bits per heavy atom. The molecular weight excluding hydrogens is 614 g/mol. The minimum absolute atomic E-state index is 0.165. The van der Waals surface area contributed by atoms with Crippen LogP contribution < -0.4 is 9.47 Å². The van der Waals surface area contributed by atoms with Crippen LogP contribution in [0.1, 0.15) is 13.8 Å². The van der Waals surface area contributed by atoms with Crippen LogP contribution >= 0.6 is 0 Å². The number of carbonyl (C=O) groups is 2. The SMILES string of the molecule is CC(=O)N1CCN(CCOc2ccc(-c3ccn[nH]3)cc2)CC1.CCOC(=O)N1CCN(CCOc2ccc(-c3ccn[nH]3)cn2)CC1. The van der Waals surface area contributed by atoms with Crippen molar-refractivity contribution in [3.8, 4) is 34.1 Å². The average Bonchev–Trinajstić information content (AvgIpc) is 3.86. The second-order valence-corrected chi connectivity index (χ2v) is 11.4. The van der Waals surface area contributed by atoms with Crippen molar-refractivity contribution in [2.24, 2.45) is 0 Å². The quantitative estimate of drug-likeness (QED) is 0.246. The Labute approximate surface area is 281 Å². The topological polar surface area (TPSA) is 145 Å². The molecular formula is C34H45N9O5. The number of pyridine rings is 1. The average molecular weight is 660 g/mol. The van der Waals surface area contributed by atoms with E-state index in [9.17, 15) is 9.59 Å². The van der Waals surface area contributed by atoms with Crippen molar-refractivity contribution in [1.82, 2.24) is 45.0 Å². The molecule has 14 nitrogen and oxygen atoms in total. The number of piperazine rings is 2. The zero-order valence-electron chi connectivity index (χ0n) is 27.7. The van der Waals surface area contributed by atoms with E-state index in [1.807, 2.05) is 60.4 Å². The van der Waals surface area contributed by atoms with Gasteiger partial charge in [0.2, 0.25) is 11.8 Å². The predicted molar refractivity (Wildman–Crippen MR) is 181 cm³/mol. The fourth-order valence-corrected chi connectivity index (χ4v) is 5.42. The molecule has 0 radical (unpaired) electrons. The number of benzene rings is 1. The highest BCUT2D eigenvalue weighted by atomic mass is 16.6. The van der Waals surface area contributed by atoms with E-state index in [-0.39, 0.29) is 12.0 Å². The summed E-state index contributed by atoms with van der Waals surface area (Å²) in [7, 11) is 0. The van der Waals surface area contributed by atoms with Gasteiger partial charge in [-0.05, 0) is 55.0 Å². The number of aromatic nitrogens is 5. The Balaban J connectivity index is 0.000000188. The monoisotopic (exact) mass is 659 g/mol. The highest BCUT2D eigenvalue weighted by Crippen LogP contribution is 2.20. The molecule has 2 fully saturated rings. The van der Waals surface area contributed by atoms with E-state index < -0.39 is 0 Å². The van der Waals surface area contributed by atoms with E-state index in [0.717, 1.165) is 80.6 Å². The van der Waals surface area contributed by atoms with Gasteiger partial charge < -0.3 is 24.0 Å². The first-order valence-electron chi connectivity index (χ1n) is 16.4. The van der Waals surface area contributed by atoms with E-state index >= 15 is 0 Å². The van der Waals surface area contributed by atoms with Gasteiger partial charge in [-0.25, -0.2) is 9.78 Å². The fraction of sp³-hybridized carbons (Fsp3) is 0.441. The maximum Gasteiger partial charge on any atom is 0.409 e. The maximum atomic E-state index is 11.7. The van der Waals surface area contributed by atoms with Crippen LogP contribution in [0.2, 0.25) is 0 Å². The first kappa shape index (κ1) is 34.4. The molecule has 2 amide bonds. The Morgan fingerprint density at radius 3 is 1.79 bits per heavy atom. The number of H-pyrrole nitrogens is 2. The molecule has 0 bridgehead atoms. The number of nitrogens with zero attached hydrogens (tertiary/aromatic N) is 7. The summed E-state index contributed by atoms with van der Waals surface area (Å²) in [6.45, 7) is 13.3. The highest BCUT2D eigenvalue weighted by Gasteiger charge is 2.22. The van der Waals surface area contributed by atoms with E-state index in [0.29, 0.717) is 38.8 Å². The Kier molecular flexibility index (Phi) is 12.8. The second-order valence-electron chi connectivity index (χ2n) is 11.4. The van der Waals surface area contributed by atoms with Crippen LogP contribution in [0.4, 0.5) is 4.79 Å². The van der Waals surface area contributed by atoms with Crippen molar-refractivity contribution in [3.05, 3.63) is 67.1 Å². The van der Waals surface area contributed by atoms with E-state index in [1.54, 1.807) is 30.4 Å². The molecule has 48 heavy (non-hydrogen) atoms. The molecule has 0 spiro atoms. The van der Waals surface area contributed by atoms with Crippen molar-refractivity contribution in [2.45, 2.75) is 13.8 Å². The standard InChI is InChI=1S/C17H23N5O3.C17H22N4O2/c1-2-24-17(23)22-9-7-21(8-10-22)11-12-25-16-4-3-14(13-18-16)15-5-6-19-20-15;1-14(22)21-10-8-20(9-11-21)12-13-23-16-4-2-15(3-5-16)17-6-7-18-19-17/h3-6,13H,2,7-12H2,1H3,(H,19,20);2-7H,8-13H2,1H3,(H,18,19). The van der Waals surface area contributed by atoms with Crippen LogP contribution in [0.15, 0.2) is 67.1 Å². The molecule has 2 saturated heterocycles. The number of aromatic amines is 2. The summed E-state index contributed by atoms with van der Waals surface area (Å²) in [5, 5.41) is 13.7. The summed E-state index contributed by atoms with van der Waals surface area (Å²) in [4.78, 5) is 35.5. The van der Waals surface area contributed by atoms with Gasteiger partial charge in [0.15, 0.2) is 0 Å². The zero-order chi connectivity index (χ0) is 33.6.